The molecule has 1 atom stereocenters. The van der Waals surface area contributed by atoms with Crippen LogP contribution in [0.5, 0.6) is 11.5 Å². The standard InChI is InChI=1S/C24H24N2O7/c1-3-33-19-10-6-17(7-11-19)26-22(28)14-20(24(26)31)25(21(27)12-13-23(29)30)15-16-4-8-18(32-2)9-5-16/h4-13,20H,3,14-15H2,1-2H3,(H,29,30). The van der Waals surface area contributed by atoms with Crippen molar-refractivity contribution < 1.29 is 33.8 Å². The van der Waals surface area contributed by atoms with E-state index in [-0.39, 0.29) is 13.0 Å². The van der Waals surface area contributed by atoms with Gasteiger partial charge in [-0.25, -0.2) is 9.69 Å². The van der Waals surface area contributed by atoms with Crippen molar-refractivity contribution in [2.75, 3.05) is 18.6 Å². The van der Waals surface area contributed by atoms with Gasteiger partial charge in [-0.05, 0) is 48.9 Å². The summed E-state index contributed by atoms with van der Waals surface area (Å²) >= 11 is 0. The summed E-state index contributed by atoms with van der Waals surface area (Å²) in [5.74, 6) is -1.77. The molecule has 1 aliphatic rings. The monoisotopic (exact) mass is 452 g/mol. The van der Waals surface area contributed by atoms with Gasteiger partial charge in [-0.2, -0.15) is 0 Å². The third-order valence-corrected chi connectivity index (χ3v) is 5.07. The third kappa shape index (κ3) is 5.57. The van der Waals surface area contributed by atoms with E-state index < -0.39 is 29.7 Å². The van der Waals surface area contributed by atoms with Crippen LogP contribution < -0.4 is 14.4 Å². The highest BCUT2D eigenvalue weighted by atomic mass is 16.5. The molecule has 3 rings (SSSR count). The van der Waals surface area contributed by atoms with Crippen molar-refractivity contribution in [2.24, 2.45) is 0 Å². The Morgan fingerprint density at radius 1 is 1.06 bits per heavy atom. The Morgan fingerprint density at radius 2 is 1.70 bits per heavy atom. The first-order chi connectivity index (χ1) is 15.8. The van der Waals surface area contributed by atoms with E-state index in [1.807, 2.05) is 6.92 Å². The molecular weight excluding hydrogens is 428 g/mol. The molecule has 1 aliphatic heterocycles. The molecule has 33 heavy (non-hydrogen) atoms. The molecule has 9 heteroatoms. The molecule has 1 unspecified atom stereocenters. The number of rotatable bonds is 9. The van der Waals surface area contributed by atoms with Crippen molar-refractivity contribution in [3.8, 4) is 11.5 Å². The Balaban J connectivity index is 1.88. The molecule has 9 nitrogen and oxygen atoms in total. The number of benzene rings is 2. The maximum atomic E-state index is 13.2. The molecule has 1 heterocycles. The Morgan fingerprint density at radius 3 is 2.27 bits per heavy atom. The van der Waals surface area contributed by atoms with Crippen LogP contribution in [0.2, 0.25) is 0 Å². The topological polar surface area (TPSA) is 113 Å². The fourth-order valence-corrected chi connectivity index (χ4v) is 3.50. The summed E-state index contributed by atoms with van der Waals surface area (Å²) in [6.45, 7) is 2.34. The quantitative estimate of drug-likeness (QED) is 0.459. The lowest BCUT2D eigenvalue weighted by Crippen LogP contribution is -2.44. The Bertz CT molecular complexity index is 1060. The molecule has 0 saturated carbocycles. The molecule has 1 saturated heterocycles. The van der Waals surface area contributed by atoms with E-state index in [9.17, 15) is 19.2 Å². The van der Waals surface area contributed by atoms with Crippen LogP contribution in [0.15, 0.2) is 60.7 Å². The van der Waals surface area contributed by atoms with Gasteiger partial charge in [0.15, 0.2) is 0 Å². The van der Waals surface area contributed by atoms with Gasteiger partial charge in [0.25, 0.3) is 5.91 Å². The van der Waals surface area contributed by atoms with E-state index in [0.717, 1.165) is 11.0 Å². The molecule has 1 fully saturated rings. The maximum absolute atomic E-state index is 13.2. The van der Waals surface area contributed by atoms with Crippen molar-refractivity contribution in [3.63, 3.8) is 0 Å². The highest BCUT2D eigenvalue weighted by Gasteiger charge is 2.44. The second kappa shape index (κ2) is 10.4. The summed E-state index contributed by atoms with van der Waals surface area (Å²) in [6, 6.07) is 12.3. The normalized spacial score (nSPS) is 15.7. The molecule has 0 aliphatic carbocycles. The van der Waals surface area contributed by atoms with Gasteiger partial charge >= 0.3 is 5.97 Å². The predicted molar refractivity (Wildman–Crippen MR) is 119 cm³/mol. The average Bonchev–Trinajstić information content (AvgIpc) is 3.10. The first kappa shape index (κ1) is 23.5. The van der Waals surface area contributed by atoms with E-state index in [2.05, 4.69) is 0 Å². The summed E-state index contributed by atoms with van der Waals surface area (Å²) in [6.07, 6.45) is 1.37. The Kier molecular flexibility index (Phi) is 7.45. The number of carbonyl (C=O) groups excluding carboxylic acids is 3. The lowest BCUT2D eigenvalue weighted by atomic mass is 10.1. The van der Waals surface area contributed by atoms with Crippen LogP contribution in [0.4, 0.5) is 5.69 Å². The van der Waals surface area contributed by atoms with Crippen molar-refractivity contribution in [2.45, 2.75) is 25.9 Å². The summed E-state index contributed by atoms with van der Waals surface area (Å²) in [7, 11) is 1.53. The van der Waals surface area contributed by atoms with Crippen LogP contribution >= 0.6 is 0 Å². The SMILES string of the molecule is CCOc1ccc(N2C(=O)CC(N(Cc3ccc(OC)cc3)C(=O)C=CC(=O)O)C2=O)cc1. The van der Waals surface area contributed by atoms with Crippen molar-refractivity contribution in [3.05, 3.63) is 66.2 Å². The number of carboxylic acid groups (broad SMARTS) is 1. The van der Waals surface area contributed by atoms with Crippen LogP contribution in [0.3, 0.4) is 0 Å². The van der Waals surface area contributed by atoms with E-state index in [0.29, 0.717) is 35.4 Å². The number of anilines is 1. The average molecular weight is 452 g/mol. The largest absolute Gasteiger partial charge is 0.497 e. The molecule has 0 spiro atoms. The molecule has 172 valence electrons. The van der Waals surface area contributed by atoms with Crippen LogP contribution in [0, 0.1) is 0 Å². The zero-order valence-electron chi connectivity index (χ0n) is 18.3. The van der Waals surface area contributed by atoms with Gasteiger partial charge in [-0.1, -0.05) is 12.1 Å². The number of aliphatic carboxylic acids is 1. The number of methoxy groups -OCH3 is 1. The van der Waals surface area contributed by atoms with E-state index >= 15 is 0 Å². The van der Waals surface area contributed by atoms with Crippen LogP contribution in [0.25, 0.3) is 0 Å². The molecule has 0 bridgehead atoms. The van der Waals surface area contributed by atoms with Crippen molar-refractivity contribution in [1.29, 1.82) is 0 Å². The predicted octanol–water partition coefficient (Wildman–Crippen LogP) is 2.40. The second-order valence-electron chi connectivity index (χ2n) is 7.20. The summed E-state index contributed by atoms with van der Waals surface area (Å²) in [5.41, 5.74) is 1.06. The number of nitrogens with zero attached hydrogens (tertiary/aromatic N) is 2. The van der Waals surface area contributed by atoms with Gasteiger partial charge in [-0.15, -0.1) is 0 Å². The Labute approximate surface area is 190 Å². The number of hydrogen-bond donors (Lipinski definition) is 1. The number of amides is 3. The van der Waals surface area contributed by atoms with E-state index in [4.69, 9.17) is 14.6 Å². The highest BCUT2D eigenvalue weighted by Crippen LogP contribution is 2.28. The lowest BCUT2D eigenvalue weighted by molar-refractivity contribution is -0.135. The van der Waals surface area contributed by atoms with Crippen molar-refractivity contribution in [1.82, 2.24) is 4.90 Å². The number of ether oxygens (including phenoxy) is 2. The van der Waals surface area contributed by atoms with Crippen LogP contribution in [-0.4, -0.2) is 53.5 Å². The smallest absolute Gasteiger partial charge is 0.328 e. The molecule has 3 amide bonds. The molecular formula is C24H24N2O7. The number of carbonyl (C=O) groups is 4. The molecule has 1 N–H and O–H groups in total. The zero-order valence-corrected chi connectivity index (χ0v) is 18.3. The number of hydrogen-bond acceptors (Lipinski definition) is 6. The van der Waals surface area contributed by atoms with Gasteiger partial charge in [0.2, 0.25) is 11.8 Å². The summed E-state index contributed by atoms with van der Waals surface area (Å²) in [4.78, 5) is 51.9. The Hall–Kier alpha value is -4.14. The number of carboxylic acids is 1. The second-order valence-corrected chi connectivity index (χ2v) is 7.20. The molecule has 2 aromatic carbocycles. The summed E-state index contributed by atoms with van der Waals surface area (Å²) in [5, 5.41) is 8.89. The van der Waals surface area contributed by atoms with Gasteiger partial charge in [0, 0.05) is 18.7 Å². The zero-order chi connectivity index (χ0) is 24.0. The van der Waals surface area contributed by atoms with Gasteiger partial charge in [0.05, 0.1) is 25.8 Å². The van der Waals surface area contributed by atoms with Crippen LogP contribution in [0.1, 0.15) is 18.9 Å². The first-order valence-electron chi connectivity index (χ1n) is 10.3. The molecule has 0 aromatic heterocycles. The first-order valence-corrected chi connectivity index (χ1v) is 10.3. The maximum Gasteiger partial charge on any atom is 0.328 e. The van der Waals surface area contributed by atoms with Gasteiger partial charge in [-0.3, -0.25) is 14.4 Å². The van der Waals surface area contributed by atoms with Crippen LogP contribution in [-0.2, 0) is 25.7 Å². The molecule has 2 aromatic rings. The minimum Gasteiger partial charge on any atom is -0.497 e. The van der Waals surface area contributed by atoms with E-state index in [1.54, 1.807) is 48.5 Å². The minimum absolute atomic E-state index is 0.00753. The fraction of sp³-hybridized carbons (Fsp3) is 0.250. The van der Waals surface area contributed by atoms with Crippen molar-refractivity contribution >= 4 is 29.4 Å². The van der Waals surface area contributed by atoms with Gasteiger partial charge < -0.3 is 19.5 Å². The lowest BCUT2D eigenvalue weighted by Gasteiger charge is -2.27. The third-order valence-electron chi connectivity index (χ3n) is 5.07. The minimum atomic E-state index is -1.29. The number of imide groups is 1. The van der Waals surface area contributed by atoms with Gasteiger partial charge in [0.1, 0.15) is 17.5 Å². The van der Waals surface area contributed by atoms with E-state index in [1.165, 1.54) is 12.0 Å². The fourth-order valence-electron chi connectivity index (χ4n) is 3.50. The molecule has 0 radical (unpaired) electrons. The summed E-state index contributed by atoms with van der Waals surface area (Å²) < 4.78 is 10.5. The highest BCUT2D eigenvalue weighted by molar-refractivity contribution is 6.23.